The average Bonchev–Trinajstić information content (AvgIpc) is 2.62. The Labute approximate surface area is 157 Å². The molecule has 0 aromatic heterocycles. The SMILES string of the molecule is COc1cc(/C=C/C(=O)Oc2ccc(C#N)cc2)cc(Cl)c1OC(C)C. The molecule has 134 valence electrons. The number of nitriles is 1. The van der Waals surface area contributed by atoms with Gasteiger partial charge in [0.05, 0.1) is 29.9 Å². The molecule has 6 heteroatoms. The van der Waals surface area contributed by atoms with E-state index >= 15 is 0 Å². The first kappa shape index (κ1) is 19.4. The second kappa shape index (κ2) is 8.93. The van der Waals surface area contributed by atoms with Gasteiger partial charge in [0.15, 0.2) is 11.5 Å². The van der Waals surface area contributed by atoms with Crippen molar-refractivity contribution in [2.75, 3.05) is 7.11 Å². The highest BCUT2D eigenvalue weighted by atomic mass is 35.5. The first-order valence-corrected chi connectivity index (χ1v) is 8.25. The molecule has 0 radical (unpaired) electrons. The van der Waals surface area contributed by atoms with E-state index in [1.165, 1.54) is 13.2 Å². The van der Waals surface area contributed by atoms with E-state index in [1.807, 2.05) is 19.9 Å². The number of methoxy groups -OCH3 is 1. The van der Waals surface area contributed by atoms with Crippen molar-refractivity contribution in [2.24, 2.45) is 0 Å². The Morgan fingerprint density at radius 1 is 1.23 bits per heavy atom. The zero-order chi connectivity index (χ0) is 19.1. The fourth-order valence-corrected chi connectivity index (χ4v) is 2.36. The maximum absolute atomic E-state index is 11.9. The van der Waals surface area contributed by atoms with Crippen LogP contribution in [0.4, 0.5) is 0 Å². The van der Waals surface area contributed by atoms with Crippen LogP contribution < -0.4 is 14.2 Å². The Balaban J connectivity index is 2.12. The summed E-state index contributed by atoms with van der Waals surface area (Å²) in [6, 6.07) is 11.7. The van der Waals surface area contributed by atoms with Crippen molar-refractivity contribution in [2.45, 2.75) is 20.0 Å². The molecule has 0 saturated heterocycles. The summed E-state index contributed by atoms with van der Waals surface area (Å²) in [7, 11) is 1.52. The summed E-state index contributed by atoms with van der Waals surface area (Å²) in [4.78, 5) is 11.9. The summed E-state index contributed by atoms with van der Waals surface area (Å²) < 4.78 is 16.1. The molecule has 0 heterocycles. The predicted molar refractivity (Wildman–Crippen MR) is 99.6 cm³/mol. The van der Waals surface area contributed by atoms with Gasteiger partial charge in [0.1, 0.15) is 5.75 Å². The Bertz CT molecular complexity index is 851. The predicted octanol–water partition coefficient (Wildman–Crippen LogP) is 4.63. The molecule has 0 unspecified atom stereocenters. The highest BCUT2D eigenvalue weighted by molar-refractivity contribution is 6.32. The van der Waals surface area contributed by atoms with Crippen molar-refractivity contribution in [3.05, 3.63) is 58.6 Å². The van der Waals surface area contributed by atoms with Crippen LogP contribution in [-0.2, 0) is 4.79 Å². The maximum atomic E-state index is 11.9. The maximum Gasteiger partial charge on any atom is 0.336 e. The van der Waals surface area contributed by atoms with Gasteiger partial charge in [0, 0.05) is 6.08 Å². The van der Waals surface area contributed by atoms with Gasteiger partial charge >= 0.3 is 5.97 Å². The van der Waals surface area contributed by atoms with Crippen LogP contribution in [0.25, 0.3) is 6.08 Å². The van der Waals surface area contributed by atoms with Crippen LogP contribution in [0.5, 0.6) is 17.2 Å². The first-order chi connectivity index (χ1) is 12.4. The number of hydrogen-bond donors (Lipinski definition) is 0. The Morgan fingerprint density at radius 2 is 1.92 bits per heavy atom. The largest absolute Gasteiger partial charge is 0.493 e. The molecule has 2 aromatic carbocycles. The molecule has 0 atom stereocenters. The van der Waals surface area contributed by atoms with Crippen LogP contribution in [-0.4, -0.2) is 19.2 Å². The molecule has 2 rings (SSSR count). The van der Waals surface area contributed by atoms with Crippen LogP contribution in [0.2, 0.25) is 5.02 Å². The number of carbonyl (C=O) groups excluding carboxylic acids is 1. The topological polar surface area (TPSA) is 68.5 Å². The zero-order valence-electron chi connectivity index (χ0n) is 14.7. The molecule has 2 aromatic rings. The molecule has 0 N–H and O–H groups in total. The van der Waals surface area contributed by atoms with Gasteiger partial charge < -0.3 is 14.2 Å². The van der Waals surface area contributed by atoms with E-state index in [4.69, 9.17) is 31.1 Å². The fraction of sp³-hybridized carbons (Fsp3) is 0.200. The number of ether oxygens (including phenoxy) is 3. The Kier molecular flexibility index (Phi) is 6.65. The highest BCUT2D eigenvalue weighted by Crippen LogP contribution is 2.37. The van der Waals surface area contributed by atoms with Crippen LogP contribution >= 0.6 is 11.6 Å². The molecule has 0 amide bonds. The minimum absolute atomic E-state index is 0.0507. The quantitative estimate of drug-likeness (QED) is 0.421. The second-order valence-electron chi connectivity index (χ2n) is 5.59. The van der Waals surface area contributed by atoms with Gasteiger partial charge in [0.25, 0.3) is 0 Å². The van der Waals surface area contributed by atoms with Gasteiger partial charge in [0.2, 0.25) is 0 Å². The smallest absolute Gasteiger partial charge is 0.336 e. The number of rotatable bonds is 6. The third kappa shape index (κ3) is 5.27. The van der Waals surface area contributed by atoms with Crippen molar-refractivity contribution in [1.29, 1.82) is 5.26 Å². The van der Waals surface area contributed by atoms with E-state index in [0.717, 1.165) is 0 Å². The second-order valence-corrected chi connectivity index (χ2v) is 6.00. The summed E-state index contributed by atoms with van der Waals surface area (Å²) in [5, 5.41) is 9.14. The van der Waals surface area contributed by atoms with Crippen molar-refractivity contribution >= 4 is 23.6 Å². The van der Waals surface area contributed by atoms with Gasteiger partial charge in [-0.2, -0.15) is 5.26 Å². The molecule has 0 spiro atoms. The lowest BCUT2D eigenvalue weighted by molar-refractivity contribution is -0.128. The molecule has 0 aliphatic carbocycles. The van der Waals surface area contributed by atoms with E-state index in [2.05, 4.69) is 0 Å². The normalized spacial score (nSPS) is 10.6. The molecule has 0 bridgehead atoms. The lowest BCUT2D eigenvalue weighted by Crippen LogP contribution is -2.07. The fourth-order valence-electron chi connectivity index (χ4n) is 2.10. The van der Waals surface area contributed by atoms with Crippen LogP contribution in [0.3, 0.4) is 0 Å². The van der Waals surface area contributed by atoms with E-state index < -0.39 is 5.97 Å². The van der Waals surface area contributed by atoms with E-state index in [9.17, 15) is 4.79 Å². The summed E-state index contributed by atoms with van der Waals surface area (Å²) in [6.07, 6.45) is 2.80. The van der Waals surface area contributed by atoms with Gasteiger partial charge in [-0.3, -0.25) is 0 Å². The number of halogens is 1. The monoisotopic (exact) mass is 371 g/mol. The molecular formula is C20H18ClNO4. The number of esters is 1. The van der Waals surface area contributed by atoms with Crippen LogP contribution in [0.15, 0.2) is 42.5 Å². The van der Waals surface area contributed by atoms with Gasteiger partial charge in [-0.15, -0.1) is 0 Å². The lowest BCUT2D eigenvalue weighted by Gasteiger charge is -2.15. The molecule has 5 nitrogen and oxygen atoms in total. The Morgan fingerprint density at radius 3 is 2.50 bits per heavy atom. The number of nitrogens with zero attached hydrogens (tertiary/aromatic N) is 1. The summed E-state index contributed by atoms with van der Waals surface area (Å²) in [5.74, 6) is 0.745. The van der Waals surface area contributed by atoms with Crippen molar-refractivity contribution in [3.8, 4) is 23.3 Å². The molecule has 0 fully saturated rings. The molecule has 0 aliphatic rings. The van der Waals surface area contributed by atoms with Gasteiger partial charge in [-0.05, 0) is 61.9 Å². The standard InChI is InChI=1S/C20H18ClNO4/c1-13(2)25-20-17(21)10-15(11-18(20)24-3)6-9-19(23)26-16-7-4-14(12-22)5-8-16/h4-11,13H,1-3H3/b9-6+. The van der Waals surface area contributed by atoms with E-state index in [-0.39, 0.29) is 6.10 Å². The minimum atomic E-state index is -0.549. The molecule has 26 heavy (non-hydrogen) atoms. The average molecular weight is 372 g/mol. The number of hydrogen-bond acceptors (Lipinski definition) is 5. The number of carbonyl (C=O) groups is 1. The van der Waals surface area contributed by atoms with Gasteiger partial charge in [-0.25, -0.2) is 4.79 Å². The van der Waals surface area contributed by atoms with Crippen LogP contribution in [0, 0.1) is 11.3 Å². The molecular weight excluding hydrogens is 354 g/mol. The van der Waals surface area contributed by atoms with Gasteiger partial charge in [-0.1, -0.05) is 11.6 Å². The van der Waals surface area contributed by atoms with Crippen molar-refractivity contribution in [3.63, 3.8) is 0 Å². The third-order valence-electron chi connectivity index (χ3n) is 3.22. The number of benzene rings is 2. The van der Waals surface area contributed by atoms with Crippen LogP contribution in [0.1, 0.15) is 25.0 Å². The first-order valence-electron chi connectivity index (χ1n) is 7.87. The molecule has 0 aliphatic heterocycles. The van der Waals surface area contributed by atoms with Crippen molar-refractivity contribution < 1.29 is 19.0 Å². The summed E-state index contributed by atoms with van der Waals surface area (Å²) >= 11 is 6.25. The highest BCUT2D eigenvalue weighted by Gasteiger charge is 2.13. The molecule has 0 saturated carbocycles. The zero-order valence-corrected chi connectivity index (χ0v) is 15.4. The summed E-state index contributed by atoms with van der Waals surface area (Å²) in [6.45, 7) is 3.78. The Hall–Kier alpha value is -2.97. The summed E-state index contributed by atoms with van der Waals surface area (Å²) in [5.41, 5.74) is 1.16. The lowest BCUT2D eigenvalue weighted by atomic mass is 10.2. The van der Waals surface area contributed by atoms with E-state index in [1.54, 1.807) is 42.5 Å². The van der Waals surface area contributed by atoms with Crippen molar-refractivity contribution in [1.82, 2.24) is 0 Å². The van der Waals surface area contributed by atoms with E-state index in [0.29, 0.717) is 33.4 Å². The minimum Gasteiger partial charge on any atom is -0.493 e. The third-order valence-corrected chi connectivity index (χ3v) is 3.50.